The van der Waals surface area contributed by atoms with E-state index in [1.165, 1.54) is 29.0 Å². The van der Waals surface area contributed by atoms with Crippen LogP contribution in [0.15, 0.2) is 54.6 Å². The van der Waals surface area contributed by atoms with Crippen LogP contribution in [0.4, 0.5) is 10.1 Å². The quantitative estimate of drug-likeness (QED) is 0.688. The van der Waals surface area contributed by atoms with E-state index < -0.39 is 5.91 Å². The highest BCUT2D eigenvalue weighted by Gasteiger charge is 2.24. The van der Waals surface area contributed by atoms with Gasteiger partial charge in [-0.2, -0.15) is 0 Å². The Kier molecular flexibility index (Phi) is 7.97. The minimum Gasteiger partial charge on any atom is -0.370 e. The third-order valence-electron chi connectivity index (χ3n) is 5.77. The van der Waals surface area contributed by atoms with Crippen molar-refractivity contribution in [3.05, 3.63) is 66.0 Å². The number of aryl methyl sites for hydroxylation is 1. The first-order valence-corrected chi connectivity index (χ1v) is 10.6. The summed E-state index contributed by atoms with van der Waals surface area (Å²) in [5.41, 5.74) is 7.22. The summed E-state index contributed by atoms with van der Waals surface area (Å²) in [5, 5.41) is 0. The number of amides is 2. The van der Waals surface area contributed by atoms with E-state index >= 15 is 0 Å². The maximum absolute atomic E-state index is 13.3. The molecule has 5 nitrogen and oxygen atoms in total. The van der Waals surface area contributed by atoms with Gasteiger partial charge in [0.05, 0.1) is 6.54 Å². The molecule has 0 aromatic heterocycles. The minimum atomic E-state index is -0.464. The Hall–Kier alpha value is -2.73. The van der Waals surface area contributed by atoms with E-state index in [2.05, 4.69) is 29.2 Å². The van der Waals surface area contributed by atoms with Crippen LogP contribution < -0.4 is 10.6 Å². The van der Waals surface area contributed by atoms with Gasteiger partial charge in [0.1, 0.15) is 5.82 Å². The summed E-state index contributed by atoms with van der Waals surface area (Å²) in [4.78, 5) is 27.9. The maximum Gasteiger partial charge on any atom is 0.241 e. The number of nitrogens with zero attached hydrogens (tertiary/aromatic N) is 2. The summed E-state index contributed by atoms with van der Waals surface area (Å²) in [6, 6.07) is 16.3. The van der Waals surface area contributed by atoms with Crippen LogP contribution in [0.3, 0.4) is 0 Å². The first-order chi connectivity index (χ1) is 14.5. The van der Waals surface area contributed by atoms with Gasteiger partial charge in [0.2, 0.25) is 11.8 Å². The molecule has 0 bridgehead atoms. The molecule has 1 fully saturated rings. The van der Waals surface area contributed by atoms with Crippen LogP contribution in [0.5, 0.6) is 0 Å². The first-order valence-electron chi connectivity index (χ1n) is 10.6. The number of rotatable bonds is 9. The van der Waals surface area contributed by atoms with Crippen LogP contribution in [0.2, 0.25) is 0 Å². The fourth-order valence-corrected chi connectivity index (χ4v) is 3.97. The predicted molar refractivity (Wildman–Crippen MR) is 116 cm³/mol. The zero-order valence-electron chi connectivity index (χ0n) is 17.3. The molecule has 1 saturated heterocycles. The number of carbonyl (C=O) groups is 2. The SMILES string of the molecule is NC(=O)CCN(C(=O)CN1CCC(CCc2ccccc2)CC1)c1ccc(F)cc1. The van der Waals surface area contributed by atoms with E-state index in [0.29, 0.717) is 18.2 Å². The summed E-state index contributed by atoms with van der Waals surface area (Å²) in [5.74, 6) is -0.238. The molecule has 2 aromatic rings. The van der Waals surface area contributed by atoms with Gasteiger partial charge in [0.15, 0.2) is 0 Å². The van der Waals surface area contributed by atoms with E-state index in [9.17, 15) is 14.0 Å². The molecular weight excluding hydrogens is 381 g/mol. The van der Waals surface area contributed by atoms with E-state index in [4.69, 9.17) is 5.73 Å². The van der Waals surface area contributed by atoms with Gasteiger partial charge in [0.25, 0.3) is 0 Å². The lowest BCUT2D eigenvalue weighted by Crippen LogP contribution is -2.44. The molecule has 160 valence electrons. The molecule has 2 N–H and O–H groups in total. The summed E-state index contributed by atoms with van der Waals surface area (Å²) < 4.78 is 13.3. The number of piperidine rings is 1. The van der Waals surface area contributed by atoms with Crippen LogP contribution in [0, 0.1) is 11.7 Å². The van der Waals surface area contributed by atoms with E-state index in [1.807, 2.05) is 6.07 Å². The zero-order chi connectivity index (χ0) is 21.3. The van der Waals surface area contributed by atoms with Crippen molar-refractivity contribution in [2.24, 2.45) is 11.7 Å². The topological polar surface area (TPSA) is 66.6 Å². The molecule has 0 spiro atoms. The molecule has 6 heteroatoms. The number of hydrogen-bond acceptors (Lipinski definition) is 3. The lowest BCUT2D eigenvalue weighted by Gasteiger charge is -2.33. The lowest BCUT2D eigenvalue weighted by atomic mass is 9.90. The average molecular weight is 412 g/mol. The van der Waals surface area contributed by atoms with Crippen molar-refractivity contribution < 1.29 is 14.0 Å². The van der Waals surface area contributed by atoms with E-state index in [0.717, 1.165) is 32.4 Å². The molecular formula is C24H30FN3O2. The second kappa shape index (κ2) is 10.9. The molecule has 2 amide bonds. The van der Waals surface area contributed by atoms with Crippen molar-refractivity contribution in [3.8, 4) is 0 Å². The third kappa shape index (κ3) is 6.66. The summed E-state index contributed by atoms with van der Waals surface area (Å²) in [7, 11) is 0. The molecule has 1 heterocycles. The third-order valence-corrected chi connectivity index (χ3v) is 5.77. The van der Waals surface area contributed by atoms with Crippen LogP contribution >= 0.6 is 0 Å². The Morgan fingerprint density at radius 1 is 1.03 bits per heavy atom. The summed E-state index contributed by atoms with van der Waals surface area (Å²) >= 11 is 0. The summed E-state index contributed by atoms with van der Waals surface area (Å²) in [6.45, 7) is 2.27. The fraction of sp³-hybridized carbons (Fsp3) is 0.417. The molecule has 0 radical (unpaired) electrons. The van der Waals surface area contributed by atoms with Crippen molar-refractivity contribution >= 4 is 17.5 Å². The van der Waals surface area contributed by atoms with E-state index in [-0.39, 0.29) is 24.7 Å². The van der Waals surface area contributed by atoms with Gasteiger partial charge >= 0.3 is 0 Å². The maximum atomic E-state index is 13.3. The number of likely N-dealkylation sites (tertiary alicyclic amines) is 1. The number of hydrogen-bond donors (Lipinski definition) is 1. The molecule has 0 unspecified atom stereocenters. The Balaban J connectivity index is 1.50. The molecule has 0 atom stereocenters. The predicted octanol–water partition coefficient (Wildman–Crippen LogP) is 3.38. The molecule has 1 aliphatic heterocycles. The fourth-order valence-electron chi connectivity index (χ4n) is 3.97. The highest BCUT2D eigenvalue weighted by atomic mass is 19.1. The van der Waals surface area contributed by atoms with Gasteiger partial charge in [-0.15, -0.1) is 0 Å². The van der Waals surface area contributed by atoms with Gasteiger partial charge < -0.3 is 10.6 Å². The van der Waals surface area contributed by atoms with Crippen LogP contribution in [0.25, 0.3) is 0 Å². The molecule has 0 aliphatic carbocycles. The van der Waals surface area contributed by atoms with Crippen LogP contribution in [-0.2, 0) is 16.0 Å². The number of carbonyl (C=O) groups excluding carboxylic acids is 2. The van der Waals surface area contributed by atoms with Crippen molar-refractivity contribution in [2.45, 2.75) is 32.1 Å². The van der Waals surface area contributed by atoms with Gasteiger partial charge in [-0.25, -0.2) is 4.39 Å². The molecule has 1 aliphatic rings. The van der Waals surface area contributed by atoms with E-state index in [1.54, 1.807) is 12.1 Å². The van der Waals surface area contributed by atoms with Crippen molar-refractivity contribution in [1.82, 2.24) is 4.90 Å². The van der Waals surface area contributed by atoms with Gasteiger partial charge in [-0.3, -0.25) is 14.5 Å². The minimum absolute atomic E-state index is 0.0741. The number of nitrogens with two attached hydrogens (primary N) is 1. The van der Waals surface area contributed by atoms with Gasteiger partial charge in [0, 0.05) is 18.7 Å². The zero-order valence-corrected chi connectivity index (χ0v) is 17.3. The largest absolute Gasteiger partial charge is 0.370 e. The standard InChI is InChI=1S/C24H30FN3O2/c25-21-8-10-22(11-9-21)28(17-14-23(26)29)24(30)18-27-15-12-20(13-16-27)7-6-19-4-2-1-3-5-19/h1-5,8-11,20H,6-7,12-18H2,(H2,26,29). The highest BCUT2D eigenvalue weighted by Crippen LogP contribution is 2.23. The first kappa shape index (κ1) is 22.0. The van der Waals surface area contributed by atoms with Crippen molar-refractivity contribution in [1.29, 1.82) is 0 Å². The van der Waals surface area contributed by atoms with Crippen molar-refractivity contribution in [2.75, 3.05) is 31.1 Å². The van der Waals surface area contributed by atoms with Crippen molar-refractivity contribution in [3.63, 3.8) is 0 Å². The number of primary amides is 1. The second-order valence-corrected chi connectivity index (χ2v) is 7.98. The molecule has 0 saturated carbocycles. The summed E-state index contributed by atoms with van der Waals surface area (Å²) in [6.07, 6.45) is 4.50. The smallest absolute Gasteiger partial charge is 0.241 e. The Labute approximate surface area is 177 Å². The lowest BCUT2D eigenvalue weighted by molar-refractivity contribution is -0.120. The number of benzene rings is 2. The van der Waals surface area contributed by atoms with Crippen LogP contribution in [0.1, 0.15) is 31.2 Å². The number of halogens is 1. The second-order valence-electron chi connectivity index (χ2n) is 7.98. The van der Waals surface area contributed by atoms with Gasteiger partial charge in [-0.05, 0) is 74.5 Å². The number of anilines is 1. The van der Waals surface area contributed by atoms with Gasteiger partial charge in [-0.1, -0.05) is 30.3 Å². The Morgan fingerprint density at radius 3 is 2.33 bits per heavy atom. The monoisotopic (exact) mass is 411 g/mol. The Morgan fingerprint density at radius 2 is 1.70 bits per heavy atom. The highest BCUT2D eigenvalue weighted by molar-refractivity contribution is 5.95. The Bertz CT molecular complexity index is 818. The van der Waals surface area contributed by atoms with Crippen LogP contribution in [-0.4, -0.2) is 42.9 Å². The normalized spacial score (nSPS) is 15.1. The molecule has 2 aromatic carbocycles. The molecule has 3 rings (SSSR count). The molecule has 30 heavy (non-hydrogen) atoms. The average Bonchev–Trinajstić information content (AvgIpc) is 2.75.